The van der Waals surface area contributed by atoms with E-state index >= 15 is 0 Å². The number of rotatable bonds is 7. The number of benzene rings is 1. The molecule has 2 rings (SSSR count). The Morgan fingerprint density at radius 3 is 2.95 bits per heavy atom. The molecule has 5 heteroatoms. The highest BCUT2D eigenvalue weighted by Crippen LogP contribution is 2.19. The summed E-state index contributed by atoms with van der Waals surface area (Å²) in [7, 11) is 1.64. The maximum atomic E-state index is 9.55. The Bertz CT molecular complexity index is 542. The summed E-state index contributed by atoms with van der Waals surface area (Å²) in [6.45, 7) is 2.79. The number of nitrogens with one attached hydrogen (secondary N) is 1. The lowest BCUT2D eigenvalue weighted by atomic mass is 10.1. The van der Waals surface area contributed by atoms with E-state index in [1.54, 1.807) is 18.4 Å². The van der Waals surface area contributed by atoms with Gasteiger partial charge in [0.15, 0.2) is 0 Å². The van der Waals surface area contributed by atoms with E-state index in [1.807, 2.05) is 24.3 Å². The molecule has 0 aliphatic heterocycles. The molecule has 0 bridgehead atoms. The lowest BCUT2D eigenvalue weighted by molar-refractivity contribution is 0.243. The van der Waals surface area contributed by atoms with Gasteiger partial charge >= 0.3 is 0 Å². The van der Waals surface area contributed by atoms with E-state index in [1.165, 1.54) is 0 Å². The molecule has 0 radical (unpaired) electrons. The van der Waals surface area contributed by atoms with Crippen LogP contribution in [0.2, 0.25) is 0 Å². The number of aryl methyl sites for hydroxylation is 1. The highest BCUT2D eigenvalue weighted by atomic mass is 32.1. The van der Waals surface area contributed by atoms with Gasteiger partial charge in [0.25, 0.3) is 0 Å². The van der Waals surface area contributed by atoms with E-state index in [2.05, 4.69) is 22.6 Å². The van der Waals surface area contributed by atoms with Crippen LogP contribution in [-0.2, 0) is 13.0 Å². The molecule has 0 amide bonds. The minimum Gasteiger partial charge on any atom is -0.497 e. The van der Waals surface area contributed by atoms with Crippen LogP contribution in [0.25, 0.3) is 0 Å². The van der Waals surface area contributed by atoms with Crippen molar-refractivity contribution < 1.29 is 9.84 Å². The van der Waals surface area contributed by atoms with Crippen LogP contribution in [0.4, 0.5) is 0 Å². The fourth-order valence-electron chi connectivity index (χ4n) is 1.97. The zero-order chi connectivity index (χ0) is 14.4. The number of methoxy groups -OCH3 is 1. The Morgan fingerprint density at radius 2 is 2.30 bits per heavy atom. The largest absolute Gasteiger partial charge is 0.497 e. The normalized spacial score (nSPS) is 12.3. The molecule has 2 N–H and O–H groups in total. The van der Waals surface area contributed by atoms with E-state index in [0.717, 1.165) is 28.4 Å². The molecule has 1 aromatic heterocycles. The Balaban J connectivity index is 2.01. The molecule has 0 aliphatic rings. The highest BCUT2D eigenvalue weighted by molar-refractivity contribution is 7.09. The number of aromatic nitrogens is 1. The Labute approximate surface area is 123 Å². The van der Waals surface area contributed by atoms with E-state index in [0.29, 0.717) is 6.54 Å². The summed E-state index contributed by atoms with van der Waals surface area (Å²) in [5, 5.41) is 16.1. The molecule has 1 unspecified atom stereocenters. The molecule has 4 nitrogen and oxygen atoms in total. The third-order valence-corrected chi connectivity index (χ3v) is 4.15. The van der Waals surface area contributed by atoms with Crippen LogP contribution in [0, 0.1) is 0 Å². The number of hydrogen-bond acceptors (Lipinski definition) is 5. The first kappa shape index (κ1) is 15.0. The van der Waals surface area contributed by atoms with Crippen molar-refractivity contribution in [3.63, 3.8) is 0 Å². The topological polar surface area (TPSA) is 54.4 Å². The van der Waals surface area contributed by atoms with Gasteiger partial charge in [-0.05, 0) is 24.1 Å². The average molecular weight is 292 g/mol. The fraction of sp³-hybridized carbons (Fsp3) is 0.400. The van der Waals surface area contributed by atoms with Gasteiger partial charge in [-0.25, -0.2) is 4.98 Å². The quantitative estimate of drug-likeness (QED) is 0.823. The maximum absolute atomic E-state index is 9.55. The summed E-state index contributed by atoms with van der Waals surface area (Å²) in [4.78, 5) is 4.51. The van der Waals surface area contributed by atoms with Crippen molar-refractivity contribution in [2.45, 2.75) is 25.9 Å². The zero-order valence-corrected chi connectivity index (χ0v) is 12.6. The van der Waals surface area contributed by atoms with E-state index in [4.69, 9.17) is 4.74 Å². The number of aliphatic hydroxyl groups excluding tert-OH is 1. The molecule has 0 saturated heterocycles. The van der Waals surface area contributed by atoms with Crippen molar-refractivity contribution in [2.24, 2.45) is 0 Å². The standard InChI is InChI=1S/C15H20N2O2S/c1-3-15-17-12(10-20-15)8-16-14(9-18)11-5-4-6-13(7-11)19-2/h4-7,10,14,16,18H,3,8-9H2,1-2H3. The monoisotopic (exact) mass is 292 g/mol. The molecule has 20 heavy (non-hydrogen) atoms. The van der Waals surface area contributed by atoms with Gasteiger partial charge in [0.05, 0.1) is 30.5 Å². The number of hydrogen-bond donors (Lipinski definition) is 2. The minimum absolute atomic E-state index is 0.0396. The molecule has 1 aromatic carbocycles. The second-order valence-electron chi connectivity index (χ2n) is 4.48. The summed E-state index contributed by atoms with van der Waals surface area (Å²) in [5.74, 6) is 0.796. The number of thiazole rings is 1. The van der Waals surface area contributed by atoms with Crippen LogP contribution in [-0.4, -0.2) is 23.8 Å². The predicted molar refractivity (Wildman–Crippen MR) is 81.2 cm³/mol. The van der Waals surface area contributed by atoms with Crippen molar-refractivity contribution in [1.29, 1.82) is 0 Å². The molecular formula is C15H20N2O2S. The third-order valence-electron chi connectivity index (χ3n) is 3.11. The molecule has 0 saturated carbocycles. The van der Waals surface area contributed by atoms with E-state index in [-0.39, 0.29) is 12.6 Å². The van der Waals surface area contributed by atoms with Gasteiger partial charge < -0.3 is 15.2 Å². The molecule has 1 atom stereocenters. The summed E-state index contributed by atoms with van der Waals surface area (Å²) >= 11 is 1.68. The Morgan fingerprint density at radius 1 is 1.45 bits per heavy atom. The lowest BCUT2D eigenvalue weighted by Gasteiger charge is -2.16. The zero-order valence-electron chi connectivity index (χ0n) is 11.8. The van der Waals surface area contributed by atoms with Crippen LogP contribution in [0.5, 0.6) is 5.75 Å². The molecule has 0 spiro atoms. The van der Waals surface area contributed by atoms with Crippen LogP contribution in [0.15, 0.2) is 29.6 Å². The Kier molecular flexibility index (Phi) is 5.52. The number of ether oxygens (including phenoxy) is 1. The molecule has 108 valence electrons. The average Bonchev–Trinajstić information content (AvgIpc) is 2.96. The van der Waals surface area contributed by atoms with Gasteiger partial charge in [0.2, 0.25) is 0 Å². The van der Waals surface area contributed by atoms with Crippen LogP contribution < -0.4 is 10.1 Å². The maximum Gasteiger partial charge on any atom is 0.119 e. The fourth-order valence-corrected chi connectivity index (χ4v) is 2.71. The molecule has 1 heterocycles. The van der Waals surface area contributed by atoms with E-state index in [9.17, 15) is 5.11 Å². The van der Waals surface area contributed by atoms with Crippen molar-refractivity contribution in [1.82, 2.24) is 10.3 Å². The summed E-state index contributed by atoms with van der Waals surface area (Å²) in [5.41, 5.74) is 2.03. The number of aliphatic hydroxyl groups is 1. The van der Waals surface area contributed by atoms with Crippen LogP contribution in [0.3, 0.4) is 0 Å². The van der Waals surface area contributed by atoms with Crippen molar-refractivity contribution >= 4 is 11.3 Å². The summed E-state index contributed by atoms with van der Waals surface area (Å²) in [6.07, 6.45) is 0.962. The molecule has 0 aliphatic carbocycles. The summed E-state index contributed by atoms with van der Waals surface area (Å²) in [6, 6.07) is 7.63. The Hall–Kier alpha value is -1.43. The first-order valence-electron chi connectivity index (χ1n) is 6.68. The minimum atomic E-state index is -0.114. The summed E-state index contributed by atoms with van der Waals surface area (Å²) < 4.78 is 5.21. The van der Waals surface area contributed by atoms with Gasteiger partial charge in [-0.1, -0.05) is 19.1 Å². The third kappa shape index (κ3) is 3.79. The van der Waals surface area contributed by atoms with E-state index < -0.39 is 0 Å². The first-order chi connectivity index (χ1) is 9.76. The number of nitrogens with zero attached hydrogens (tertiary/aromatic N) is 1. The van der Waals surface area contributed by atoms with Crippen molar-refractivity contribution in [3.8, 4) is 5.75 Å². The van der Waals surface area contributed by atoms with Crippen LogP contribution >= 0.6 is 11.3 Å². The van der Waals surface area contributed by atoms with Gasteiger partial charge in [0, 0.05) is 11.9 Å². The second kappa shape index (κ2) is 7.38. The highest BCUT2D eigenvalue weighted by Gasteiger charge is 2.11. The lowest BCUT2D eigenvalue weighted by Crippen LogP contribution is -2.24. The van der Waals surface area contributed by atoms with Gasteiger partial charge in [0.1, 0.15) is 5.75 Å². The first-order valence-corrected chi connectivity index (χ1v) is 7.56. The van der Waals surface area contributed by atoms with Crippen molar-refractivity contribution in [3.05, 3.63) is 45.9 Å². The second-order valence-corrected chi connectivity index (χ2v) is 5.42. The van der Waals surface area contributed by atoms with Gasteiger partial charge in [-0.3, -0.25) is 0 Å². The predicted octanol–water partition coefficient (Wildman–Crippen LogP) is 2.54. The molecule has 0 fully saturated rings. The van der Waals surface area contributed by atoms with Crippen LogP contribution in [0.1, 0.15) is 29.2 Å². The molecular weight excluding hydrogens is 272 g/mol. The SMILES string of the molecule is CCc1nc(CNC(CO)c2cccc(OC)c2)cs1. The van der Waals surface area contributed by atoms with Crippen molar-refractivity contribution in [2.75, 3.05) is 13.7 Å². The van der Waals surface area contributed by atoms with Gasteiger partial charge in [-0.2, -0.15) is 0 Å². The molecule has 2 aromatic rings. The smallest absolute Gasteiger partial charge is 0.119 e. The van der Waals surface area contributed by atoms with Gasteiger partial charge in [-0.15, -0.1) is 11.3 Å².